The van der Waals surface area contributed by atoms with E-state index in [2.05, 4.69) is 20.1 Å². The number of fused-ring (bicyclic) bond motifs is 3. The standard InChI is InChI=1S/C11H9N7O/c1-17-5-13-7-9(17)15-11(12)18-10(7)14-8(16-18)6-3-2-4-19-6/h2-5H,1H3,(H2,12,15). The molecule has 19 heavy (non-hydrogen) atoms. The third kappa shape index (κ3) is 1.27. The Morgan fingerprint density at radius 3 is 2.95 bits per heavy atom. The molecule has 2 N–H and O–H groups in total. The summed E-state index contributed by atoms with van der Waals surface area (Å²) in [4.78, 5) is 13.0. The van der Waals surface area contributed by atoms with E-state index in [0.717, 1.165) is 0 Å². The van der Waals surface area contributed by atoms with Crippen LogP contribution in [0.2, 0.25) is 0 Å². The van der Waals surface area contributed by atoms with Crippen LogP contribution in [-0.2, 0) is 7.05 Å². The minimum absolute atomic E-state index is 0.261. The van der Waals surface area contributed by atoms with Gasteiger partial charge in [-0.1, -0.05) is 0 Å². The quantitative estimate of drug-likeness (QED) is 0.541. The average molecular weight is 255 g/mol. The Labute approximate surface area is 106 Å². The monoisotopic (exact) mass is 255 g/mol. The highest BCUT2D eigenvalue weighted by molar-refractivity contribution is 5.87. The summed E-state index contributed by atoms with van der Waals surface area (Å²) < 4.78 is 8.53. The van der Waals surface area contributed by atoms with Crippen molar-refractivity contribution >= 4 is 22.8 Å². The summed E-state index contributed by atoms with van der Waals surface area (Å²) in [5.41, 5.74) is 7.78. The zero-order valence-corrected chi connectivity index (χ0v) is 9.98. The van der Waals surface area contributed by atoms with Crippen molar-refractivity contribution in [1.82, 2.24) is 29.1 Å². The summed E-state index contributed by atoms with van der Waals surface area (Å²) >= 11 is 0. The van der Waals surface area contributed by atoms with E-state index in [1.807, 2.05) is 7.05 Å². The van der Waals surface area contributed by atoms with E-state index in [9.17, 15) is 0 Å². The summed E-state index contributed by atoms with van der Waals surface area (Å²) in [7, 11) is 1.85. The van der Waals surface area contributed by atoms with Gasteiger partial charge < -0.3 is 14.7 Å². The van der Waals surface area contributed by atoms with Gasteiger partial charge in [-0.2, -0.15) is 9.50 Å². The second-order valence-corrected chi connectivity index (χ2v) is 4.15. The molecule has 0 spiro atoms. The molecule has 94 valence electrons. The zero-order chi connectivity index (χ0) is 13.0. The minimum Gasteiger partial charge on any atom is -0.461 e. The number of nitrogen functional groups attached to an aromatic ring is 1. The van der Waals surface area contributed by atoms with Gasteiger partial charge in [0.05, 0.1) is 12.6 Å². The van der Waals surface area contributed by atoms with Gasteiger partial charge in [0.25, 0.3) is 0 Å². The highest BCUT2D eigenvalue weighted by Gasteiger charge is 2.16. The van der Waals surface area contributed by atoms with Crippen LogP contribution in [-0.4, -0.2) is 29.1 Å². The summed E-state index contributed by atoms with van der Waals surface area (Å²) in [6, 6.07) is 3.56. The summed E-state index contributed by atoms with van der Waals surface area (Å²) in [5.74, 6) is 1.29. The fourth-order valence-electron chi connectivity index (χ4n) is 2.00. The van der Waals surface area contributed by atoms with Crippen LogP contribution in [0.3, 0.4) is 0 Å². The van der Waals surface area contributed by atoms with E-state index < -0.39 is 0 Å². The lowest BCUT2D eigenvalue weighted by molar-refractivity contribution is 0.577. The largest absolute Gasteiger partial charge is 0.461 e. The fraction of sp³-hybridized carbons (Fsp3) is 0.0909. The number of furan rings is 1. The second-order valence-electron chi connectivity index (χ2n) is 4.15. The number of hydrogen-bond donors (Lipinski definition) is 1. The third-order valence-corrected chi connectivity index (χ3v) is 2.90. The van der Waals surface area contributed by atoms with Crippen molar-refractivity contribution in [3.63, 3.8) is 0 Å². The molecule has 0 unspecified atom stereocenters. The van der Waals surface area contributed by atoms with Gasteiger partial charge >= 0.3 is 0 Å². The molecule has 0 atom stereocenters. The Balaban J connectivity index is 2.12. The summed E-state index contributed by atoms with van der Waals surface area (Å²) in [6.07, 6.45) is 3.23. The van der Waals surface area contributed by atoms with Crippen LogP contribution in [0.4, 0.5) is 5.95 Å². The molecule has 0 fully saturated rings. The number of imidazole rings is 1. The number of nitrogens with zero attached hydrogens (tertiary/aromatic N) is 6. The molecular formula is C11H9N7O. The fourth-order valence-corrected chi connectivity index (χ4v) is 2.00. The maximum absolute atomic E-state index is 5.89. The topological polar surface area (TPSA) is 100 Å². The Morgan fingerprint density at radius 1 is 1.26 bits per heavy atom. The number of aromatic nitrogens is 6. The first-order valence-corrected chi connectivity index (χ1v) is 5.61. The normalized spacial score (nSPS) is 11.6. The first-order valence-electron chi connectivity index (χ1n) is 5.61. The number of rotatable bonds is 1. The first kappa shape index (κ1) is 10.1. The van der Waals surface area contributed by atoms with Crippen molar-refractivity contribution < 1.29 is 4.42 Å². The molecule has 0 aliphatic rings. The van der Waals surface area contributed by atoms with Gasteiger partial charge in [-0.3, -0.25) is 0 Å². The van der Waals surface area contributed by atoms with Crippen molar-refractivity contribution in [2.24, 2.45) is 7.05 Å². The lowest BCUT2D eigenvalue weighted by atomic mass is 10.4. The SMILES string of the molecule is Cn1cnc2c1nc(N)n1nc(-c3ccco3)nc21. The van der Waals surface area contributed by atoms with Crippen LogP contribution < -0.4 is 5.73 Å². The molecule has 4 aromatic rings. The lowest BCUT2D eigenvalue weighted by Crippen LogP contribution is -2.03. The van der Waals surface area contributed by atoms with Crippen LogP contribution >= 0.6 is 0 Å². The molecular weight excluding hydrogens is 246 g/mol. The van der Waals surface area contributed by atoms with Crippen LogP contribution in [0.15, 0.2) is 29.1 Å². The van der Waals surface area contributed by atoms with Crippen molar-refractivity contribution in [1.29, 1.82) is 0 Å². The molecule has 0 aliphatic carbocycles. The summed E-state index contributed by atoms with van der Waals surface area (Å²) in [5, 5.41) is 4.29. The molecule has 0 saturated heterocycles. The van der Waals surface area contributed by atoms with Crippen LogP contribution in [0, 0.1) is 0 Å². The Hall–Kier alpha value is -2.90. The maximum atomic E-state index is 5.89. The summed E-state index contributed by atoms with van der Waals surface area (Å²) in [6.45, 7) is 0. The predicted molar refractivity (Wildman–Crippen MR) is 67.2 cm³/mol. The molecule has 0 saturated carbocycles. The molecule has 8 heteroatoms. The predicted octanol–water partition coefficient (Wildman–Crippen LogP) is 0.853. The van der Waals surface area contributed by atoms with E-state index in [-0.39, 0.29) is 5.95 Å². The lowest BCUT2D eigenvalue weighted by Gasteiger charge is -1.98. The molecule has 0 amide bonds. The van der Waals surface area contributed by atoms with E-state index in [1.54, 1.807) is 29.3 Å². The van der Waals surface area contributed by atoms with Crippen LogP contribution in [0.5, 0.6) is 0 Å². The smallest absolute Gasteiger partial charge is 0.225 e. The van der Waals surface area contributed by atoms with Crippen molar-refractivity contribution in [3.05, 3.63) is 24.7 Å². The molecule has 0 aromatic carbocycles. The van der Waals surface area contributed by atoms with Crippen LogP contribution in [0.25, 0.3) is 28.4 Å². The maximum Gasteiger partial charge on any atom is 0.225 e. The number of anilines is 1. The molecule has 4 rings (SSSR count). The molecule has 8 nitrogen and oxygen atoms in total. The average Bonchev–Trinajstić information content (AvgIpc) is 3.08. The molecule has 0 bridgehead atoms. The van der Waals surface area contributed by atoms with Crippen molar-refractivity contribution in [3.8, 4) is 11.6 Å². The van der Waals surface area contributed by atoms with Gasteiger partial charge in [0.1, 0.15) is 0 Å². The van der Waals surface area contributed by atoms with Gasteiger partial charge in [0.15, 0.2) is 22.6 Å². The van der Waals surface area contributed by atoms with Gasteiger partial charge in [-0.15, -0.1) is 5.10 Å². The van der Waals surface area contributed by atoms with E-state index >= 15 is 0 Å². The molecule has 0 aliphatic heterocycles. The number of aryl methyl sites for hydroxylation is 1. The van der Waals surface area contributed by atoms with Gasteiger partial charge in [-0.25, -0.2) is 9.97 Å². The van der Waals surface area contributed by atoms with Crippen molar-refractivity contribution in [2.75, 3.05) is 5.73 Å². The highest BCUT2D eigenvalue weighted by Crippen LogP contribution is 2.22. The third-order valence-electron chi connectivity index (χ3n) is 2.90. The Kier molecular flexibility index (Phi) is 1.75. The highest BCUT2D eigenvalue weighted by atomic mass is 16.3. The van der Waals surface area contributed by atoms with Crippen molar-refractivity contribution in [2.45, 2.75) is 0 Å². The van der Waals surface area contributed by atoms with Gasteiger partial charge in [0.2, 0.25) is 11.8 Å². The first-order chi connectivity index (χ1) is 9.24. The zero-order valence-electron chi connectivity index (χ0n) is 9.98. The Morgan fingerprint density at radius 2 is 2.16 bits per heavy atom. The molecule has 4 aromatic heterocycles. The number of nitrogens with two attached hydrogens (primary N) is 1. The molecule has 4 heterocycles. The minimum atomic E-state index is 0.261. The van der Waals surface area contributed by atoms with Crippen LogP contribution in [0.1, 0.15) is 0 Å². The van der Waals surface area contributed by atoms with Gasteiger partial charge in [0, 0.05) is 7.05 Å². The van der Waals surface area contributed by atoms with Gasteiger partial charge in [-0.05, 0) is 12.1 Å². The number of hydrogen-bond acceptors (Lipinski definition) is 6. The molecule has 0 radical (unpaired) electrons. The Bertz CT molecular complexity index is 887. The second kappa shape index (κ2) is 3.31. The van der Waals surface area contributed by atoms with E-state index in [4.69, 9.17) is 10.2 Å². The van der Waals surface area contributed by atoms with E-state index in [0.29, 0.717) is 28.4 Å². The van der Waals surface area contributed by atoms with E-state index in [1.165, 1.54) is 4.52 Å².